The summed E-state index contributed by atoms with van der Waals surface area (Å²) in [4.78, 5) is 10.8. The minimum Gasteiger partial charge on any atom is -0.382 e. The molecule has 0 spiro atoms. The van der Waals surface area contributed by atoms with E-state index in [9.17, 15) is 10.1 Å². The highest BCUT2D eigenvalue weighted by atomic mass is 16.6. The number of aromatic nitrogens is 2. The van der Waals surface area contributed by atoms with Crippen molar-refractivity contribution in [3.05, 3.63) is 40.1 Å². The second-order valence-corrected chi connectivity index (χ2v) is 5.90. The largest absolute Gasteiger partial charge is 0.382 e. The van der Waals surface area contributed by atoms with Crippen molar-refractivity contribution in [3.63, 3.8) is 0 Å². The molecular formula is C16H21N5O3. The Labute approximate surface area is 140 Å². The molecule has 2 heterocycles. The highest BCUT2D eigenvalue weighted by Crippen LogP contribution is 2.30. The molecule has 1 fully saturated rings. The van der Waals surface area contributed by atoms with Gasteiger partial charge in [-0.15, -0.1) is 0 Å². The van der Waals surface area contributed by atoms with E-state index in [0.717, 1.165) is 37.4 Å². The average Bonchev–Trinajstić information content (AvgIpc) is 2.84. The normalized spacial score (nSPS) is 15.2. The Bertz CT molecular complexity index is 720. The molecule has 1 aromatic heterocycles. The molecule has 0 atom stereocenters. The lowest BCUT2D eigenvalue weighted by atomic mass is 10.1. The van der Waals surface area contributed by atoms with Gasteiger partial charge in [0.05, 0.1) is 4.92 Å². The first-order valence-electron chi connectivity index (χ1n) is 7.94. The van der Waals surface area contributed by atoms with Crippen LogP contribution in [0.15, 0.2) is 24.3 Å². The van der Waals surface area contributed by atoms with Crippen molar-refractivity contribution in [2.45, 2.75) is 25.8 Å². The minimum absolute atomic E-state index is 0.00177. The van der Waals surface area contributed by atoms with E-state index in [1.54, 1.807) is 14.0 Å². The van der Waals surface area contributed by atoms with Gasteiger partial charge >= 0.3 is 5.69 Å². The average molecular weight is 331 g/mol. The molecule has 3 rings (SSSR count). The van der Waals surface area contributed by atoms with Gasteiger partial charge < -0.3 is 15.4 Å². The van der Waals surface area contributed by atoms with Crippen molar-refractivity contribution in [1.29, 1.82) is 0 Å². The van der Waals surface area contributed by atoms with Gasteiger partial charge in [0.1, 0.15) is 5.69 Å². The Morgan fingerprint density at radius 2 is 1.88 bits per heavy atom. The van der Waals surface area contributed by atoms with Crippen LogP contribution in [0, 0.1) is 17.0 Å². The molecule has 0 bridgehead atoms. The summed E-state index contributed by atoms with van der Waals surface area (Å²) < 4.78 is 6.84. The molecule has 24 heavy (non-hydrogen) atoms. The quantitative estimate of drug-likeness (QED) is 0.646. The minimum atomic E-state index is -0.411. The third-order valence-electron chi connectivity index (χ3n) is 4.11. The molecule has 2 N–H and O–H groups in total. The third-order valence-corrected chi connectivity index (χ3v) is 4.11. The van der Waals surface area contributed by atoms with Gasteiger partial charge in [-0.05, 0) is 44.0 Å². The van der Waals surface area contributed by atoms with Crippen molar-refractivity contribution in [2.24, 2.45) is 7.05 Å². The monoisotopic (exact) mass is 331 g/mol. The maximum absolute atomic E-state index is 11.2. The van der Waals surface area contributed by atoms with Gasteiger partial charge in [-0.3, -0.25) is 10.1 Å². The van der Waals surface area contributed by atoms with Crippen LogP contribution >= 0.6 is 0 Å². The SMILES string of the molecule is Cc1nn(C)c(Nc2ccc(NC3CCOCC3)cc2)c1[N+](=O)[O-]. The standard InChI is InChI=1S/C16H21N5O3/c1-11-15(21(22)23)16(20(2)19-11)18-13-5-3-12(4-6-13)17-14-7-9-24-10-8-14/h3-6,14,17-18H,7-10H2,1-2H3. The Morgan fingerprint density at radius 1 is 1.25 bits per heavy atom. The Morgan fingerprint density at radius 3 is 2.50 bits per heavy atom. The van der Waals surface area contributed by atoms with E-state index in [4.69, 9.17) is 4.74 Å². The Kier molecular flexibility index (Phi) is 4.66. The molecule has 128 valence electrons. The van der Waals surface area contributed by atoms with Crippen molar-refractivity contribution < 1.29 is 9.66 Å². The van der Waals surface area contributed by atoms with Gasteiger partial charge in [-0.25, -0.2) is 4.68 Å². The van der Waals surface area contributed by atoms with Crippen LogP contribution in [-0.2, 0) is 11.8 Å². The van der Waals surface area contributed by atoms with E-state index in [1.807, 2.05) is 24.3 Å². The highest BCUT2D eigenvalue weighted by Gasteiger charge is 2.24. The van der Waals surface area contributed by atoms with E-state index in [0.29, 0.717) is 17.6 Å². The van der Waals surface area contributed by atoms with E-state index in [1.165, 1.54) is 4.68 Å². The lowest BCUT2D eigenvalue weighted by Gasteiger charge is -2.24. The predicted molar refractivity (Wildman–Crippen MR) is 91.8 cm³/mol. The van der Waals surface area contributed by atoms with Crippen molar-refractivity contribution in [3.8, 4) is 0 Å². The van der Waals surface area contributed by atoms with Crippen molar-refractivity contribution in [1.82, 2.24) is 9.78 Å². The molecule has 2 aromatic rings. The second-order valence-electron chi connectivity index (χ2n) is 5.90. The fourth-order valence-electron chi connectivity index (χ4n) is 2.87. The molecule has 0 radical (unpaired) electrons. The first-order chi connectivity index (χ1) is 11.5. The summed E-state index contributed by atoms with van der Waals surface area (Å²) in [6, 6.07) is 8.15. The molecule has 0 unspecified atom stereocenters. The topological polar surface area (TPSA) is 94.2 Å². The summed E-state index contributed by atoms with van der Waals surface area (Å²) in [5.41, 5.74) is 2.20. The fraction of sp³-hybridized carbons (Fsp3) is 0.438. The molecule has 0 aliphatic carbocycles. The Balaban J connectivity index is 1.71. The number of benzene rings is 1. The summed E-state index contributed by atoms with van der Waals surface area (Å²) in [7, 11) is 1.68. The predicted octanol–water partition coefficient (Wildman–Crippen LogP) is 2.97. The van der Waals surface area contributed by atoms with Gasteiger partial charge in [-0.1, -0.05) is 0 Å². The first kappa shape index (κ1) is 16.3. The highest BCUT2D eigenvalue weighted by molar-refractivity contribution is 5.68. The summed E-state index contributed by atoms with van der Waals surface area (Å²) >= 11 is 0. The van der Waals surface area contributed by atoms with Crippen LogP contribution in [0.25, 0.3) is 0 Å². The zero-order chi connectivity index (χ0) is 17.1. The van der Waals surface area contributed by atoms with Crippen LogP contribution in [0.4, 0.5) is 22.9 Å². The van der Waals surface area contributed by atoms with E-state index in [-0.39, 0.29) is 5.69 Å². The van der Waals surface area contributed by atoms with Gasteiger partial charge in [0, 0.05) is 37.7 Å². The number of nitro groups is 1. The number of nitrogens with zero attached hydrogens (tertiary/aromatic N) is 3. The van der Waals surface area contributed by atoms with E-state index >= 15 is 0 Å². The Hall–Kier alpha value is -2.61. The van der Waals surface area contributed by atoms with Crippen LogP contribution < -0.4 is 10.6 Å². The lowest BCUT2D eigenvalue weighted by molar-refractivity contribution is -0.384. The van der Waals surface area contributed by atoms with Crippen molar-refractivity contribution >= 4 is 22.9 Å². The maximum Gasteiger partial charge on any atom is 0.334 e. The summed E-state index contributed by atoms with van der Waals surface area (Å²) in [5.74, 6) is 0.377. The summed E-state index contributed by atoms with van der Waals surface area (Å²) in [6.45, 7) is 3.21. The molecular weight excluding hydrogens is 310 g/mol. The second kappa shape index (κ2) is 6.88. The lowest BCUT2D eigenvalue weighted by Crippen LogP contribution is -2.27. The van der Waals surface area contributed by atoms with Gasteiger partial charge in [0.15, 0.2) is 0 Å². The number of hydrogen-bond donors (Lipinski definition) is 2. The zero-order valence-corrected chi connectivity index (χ0v) is 13.8. The van der Waals surface area contributed by atoms with Gasteiger partial charge in [0.25, 0.3) is 0 Å². The number of nitrogens with one attached hydrogen (secondary N) is 2. The van der Waals surface area contributed by atoms with Crippen molar-refractivity contribution in [2.75, 3.05) is 23.8 Å². The zero-order valence-electron chi connectivity index (χ0n) is 13.8. The maximum atomic E-state index is 11.2. The molecule has 1 aliphatic heterocycles. The molecule has 0 saturated carbocycles. The van der Waals surface area contributed by atoms with Crippen LogP contribution in [0.2, 0.25) is 0 Å². The molecule has 8 heteroatoms. The third kappa shape index (κ3) is 3.48. The van der Waals surface area contributed by atoms with Gasteiger partial charge in [0.2, 0.25) is 5.82 Å². The van der Waals surface area contributed by atoms with E-state index < -0.39 is 4.92 Å². The molecule has 0 amide bonds. The summed E-state index contributed by atoms with van der Waals surface area (Å²) in [6.07, 6.45) is 2.00. The number of aryl methyl sites for hydroxylation is 2. The summed E-state index contributed by atoms with van der Waals surface area (Å²) in [5, 5.41) is 21.9. The number of hydrogen-bond acceptors (Lipinski definition) is 6. The number of rotatable bonds is 5. The molecule has 1 aliphatic rings. The van der Waals surface area contributed by atoms with E-state index in [2.05, 4.69) is 15.7 Å². The van der Waals surface area contributed by atoms with Crippen LogP contribution in [-0.4, -0.2) is 34.0 Å². The van der Waals surface area contributed by atoms with Crippen LogP contribution in [0.1, 0.15) is 18.5 Å². The molecule has 1 saturated heterocycles. The number of anilines is 3. The molecule has 1 aromatic carbocycles. The van der Waals surface area contributed by atoms with Crippen LogP contribution in [0.3, 0.4) is 0 Å². The van der Waals surface area contributed by atoms with Crippen LogP contribution in [0.5, 0.6) is 0 Å². The first-order valence-corrected chi connectivity index (χ1v) is 7.94. The van der Waals surface area contributed by atoms with Gasteiger partial charge in [-0.2, -0.15) is 5.10 Å². The smallest absolute Gasteiger partial charge is 0.334 e. The molecule has 8 nitrogen and oxygen atoms in total. The fourth-order valence-corrected chi connectivity index (χ4v) is 2.87. The number of ether oxygens (including phenoxy) is 1.